The minimum atomic E-state index is -0.693. The van der Waals surface area contributed by atoms with Crippen LogP contribution in [0.3, 0.4) is 0 Å². The fourth-order valence-corrected chi connectivity index (χ4v) is 20.0. The second-order valence-corrected chi connectivity index (χ2v) is 32.8. The lowest BCUT2D eigenvalue weighted by Crippen LogP contribution is -2.07. The van der Waals surface area contributed by atoms with Gasteiger partial charge in [0.2, 0.25) is 11.9 Å². The van der Waals surface area contributed by atoms with E-state index in [2.05, 4.69) is 156 Å². The Labute approximate surface area is 752 Å². The van der Waals surface area contributed by atoms with Crippen molar-refractivity contribution in [2.45, 2.75) is 0 Å². The predicted molar refractivity (Wildman–Crippen MR) is 523 cm³/mol. The molecule has 0 saturated carbocycles. The van der Waals surface area contributed by atoms with Gasteiger partial charge in [-0.2, -0.15) is 19.9 Å². The van der Waals surface area contributed by atoms with Crippen LogP contribution in [0.4, 0.5) is 0 Å². The topological polar surface area (TPSA) is 113 Å². The average molecular weight is 1660 g/mol. The lowest BCUT2D eigenvalue weighted by Gasteiger charge is -2.14. The van der Waals surface area contributed by atoms with Crippen molar-refractivity contribution in [1.29, 1.82) is 0 Å². The Morgan fingerprint density at radius 2 is 0.683 bits per heavy atom. The van der Waals surface area contributed by atoms with Gasteiger partial charge in [0.05, 0.1) is 44.0 Å². The molecule has 0 unspecified atom stereocenters. The van der Waals surface area contributed by atoms with Gasteiger partial charge in [0.25, 0.3) is 0 Å². The van der Waals surface area contributed by atoms with E-state index >= 15 is 0 Å². The van der Waals surface area contributed by atoms with E-state index in [0.29, 0.717) is 50.8 Å². The van der Waals surface area contributed by atoms with Crippen LogP contribution in [0.5, 0.6) is 0 Å². The number of hydrogen-bond acceptors (Lipinski definition) is 10. The highest BCUT2D eigenvalue weighted by Crippen LogP contribution is 2.49. The molecule has 0 atom stereocenters. The summed E-state index contributed by atoms with van der Waals surface area (Å²) in [5.74, 6) is 1.60. The molecule has 0 amide bonds. The van der Waals surface area contributed by atoms with Crippen molar-refractivity contribution in [3.8, 4) is 124 Å². The first-order valence-corrected chi connectivity index (χ1v) is 42.5. The van der Waals surface area contributed by atoms with Crippen LogP contribution >= 0.6 is 22.7 Å². The molecular weight excluding hydrogens is 1580 g/mol. The summed E-state index contributed by atoms with van der Waals surface area (Å²) >= 11 is 3.44. The van der Waals surface area contributed by atoms with Crippen molar-refractivity contribution >= 4 is 151 Å². The first-order chi connectivity index (χ1) is 69.1. The predicted octanol–water partition coefficient (Wildman–Crippen LogP) is 31.1. The summed E-state index contributed by atoms with van der Waals surface area (Å²) in [7, 11) is 0. The van der Waals surface area contributed by atoms with E-state index in [4.69, 9.17) is 56.6 Å². The summed E-state index contributed by atoms with van der Waals surface area (Å²) in [5, 5.41) is 9.29. The van der Waals surface area contributed by atoms with Crippen LogP contribution in [0.25, 0.3) is 252 Å². The molecule has 0 radical (unpaired) electrons. The number of aromatic nitrogens is 8. The molecule has 12 heteroatoms. The van der Waals surface area contributed by atoms with E-state index in [1.807, 2.05) is 156 Å². The van der Waals surface area contributed by atoms with Gasteiger partial charge in [-0.3, -0.25) is 9.13 Å². The molecule has 126 heavy (non-hydrogen) atoms. The summed E-state index contributed by atoms with van der Waals surface area (Å²) in [6, 6.07) is 97.3. The zero-order valence-electron chi connectivity index (χ0n) is 82.2. The fourth-order valence-electron chi connectivity index (χ4n) is 17.8. The Morgan fingerprint density at radius 3 is 1.35 bits per heavy atom. The van der Waals surface area contributed by atoms with E-state index in [-0.39, 0.29) is 68.3 Å². The monoisotopic (exact) mass is 1660 g/mol. The quantitative estimate of drug-likeness (QED) is 0.119. The molecule has 26 rings (SSSR count). The Morgan fingerprint density at radius 1 is 0.222 bits per heavy atom. The molecule has 0 saturated heterocycles. The second kappa shape index (κ2) is 29.8. The van der Waals surface area contributed by atoms with Crippen molar-refractivity contribution in [3.05, 3.63) is 412 Å². The van der Waals surface area contributed by atoms with Gasteiger partial charge in [-0.25, -0.2) is 9.97 Å². The van der Waals surface area contributed by atoms with Crippen LogP contribution in [0.15, 0.2) is 421 Å². The highest BCUT2D eigenvalue weighted by atomic mass is 32.1. The molecule has 0 N–H and O–H groups in total. The number of rotatable bonds is 12. The van der Waals surface area contributed by atoms with Gasteiger partial charge in [-0.15, -0.1) is 22.7 Å². The van der Waals surface area contributed by atoms with Gasteiger partial charge in [-0.1, -0.05) is 333 Å². The maximum atomic E-state index is 9.92. The summed E-state index contributed by atoms with van der Waals surface area (Å²) in [4.78, 5) is 31.5. The first-order valence-electron chi connectivity index (χ1n) is 48.9. The molecule has 588 valence electrons. The second-order valence-electron chi connectivity index (χ2n) is 30.7. The van der Waals surface area contributed by atoms with Crippen molar-refractivity contribution in [2.24, 2.45) is 0 Å². The van der Waals surface area contributed by atoms with Crippen LogP contribution < -0.4 is 0 Å². The summed E-state index contributed by atoms with van der Waals surface area (Å²) in [5.41, 5.74) is 13.7. The highest BCUT2D eigenvalue weighted by Gasteiger charge is 2.28. The van der Waals surface area contributed by atoms with Crippen molar-refractivity contribution in [3.63, 3.8) is 0 Å². The lowest BCUT2D eigenvalue weighted by molar-refractivity contribution is 0.668. The molecule has 18 aromatic carbocycles. The van der Waals surface area contributed by atoms with Gasteiger partial charge in [0.15, 0.2) is 23.3 Å². The molecule has 0 bridgehead atoms. The molecule has 0 aliphatic heterocycles. The zero-order valence-corrected chi connectivity index (χ0v) is 67.9. The number of hydrogen-bond donors (Lipinski definition) is 0. The smallest absolute Gasteiger partial charge is 0.238 e. The Kier molecular flexibility index (Phi) is 13.6. The Hall–Kier alpha value is -16.4. The Balaban J connectivity index is 0.000000150. The number of nitrogens with zero attached hydrogens (tertiary/aromatic N) is 8. The van der Waals surface area contributed by atoms with Gasteiger partial charge in [-0.05, 0) is 140 Å². The molecule has 26 aromatic rings. The lowest BCUT2D eigenvalue weighted by atomic mass is 9.99. The molecule has 0 spiro atoms. The SMILES string of the molecule is [2H]c1c([2H])c([2H])c(-c2c([2H])c([2H])c([2H])c3oc4c([2H])c(-c5nc(-c6cccc(-c7ccccc7)c6)nc(-n6c7c(-c8ccccc8)cccc7c7ccc8sc9ccccc9c8c76)n5)c([2H])c([2H])c4c23)c([2H])c1[2H].[2H]c1c([2H])c([2H])c(-c2cccc3oc4cc(-c5nc(-c6ccc(-c7ccccc7)cc6)nc(-n6c7ccc(-c8ccccc8)cc7c7ccc8sc9ccccc9c8c76)n5)ccc4c23)c([2H])c1[2H]. The van der Waals surface area contributed by atoms with Crippen molar-refractivity contribution in [2.75, 3.05) is 0 Å². The minimum absolute atomic E-state index is 0.119. The zero-order chi connectivity index (χ0) is 96.8. The third-order valence-corrected chi connectivity index (χ3v) is 25.7. The van der Waals surface area contributed by atoms with Crippen molar-refractivity contribution in [1.82, 2.24) is 39.0 Å². The molecule has 8 aromatic heterocycles. The molecule has 0 aliphatic carbocycles. The third-order valence-electron chi connectivity index (χ3n) is 23.4. The van der Waals surface area contributed by atoms with Gasteiger partial charge in [0, 0.05) is 111 Å². The molecular formula is C114H68N8O2S2. The van der Waals surface area contributed by atoms with Gasteiger partial charge in [0.1, 0.15) is 22.3 Å². The largest absolute Gasteiger partial charge is 0.456 e. The fraction of sp³-hybridized carbons (Fsp3) is 0. The molecule has 8 heterocycles. The van der Waals surface area contributed by atoms with Crippen LogP contribution in [0.1, 0.15) is 21.9 Å². The average Bonchev–Trinajstić information content (AvgIpc) is 1.51. The molecule has 0 aliphatic rings. The van der Waals surface area contributed by atoms with E-state index in [1.54, 1.807) is 34.8 Å². The Bertz CT molecular complexity index is 9850. The van der Waals surface area contributed by atoms with Crippen molar-refractivity contribution < 1.29 is 30.8 Å². The number of fused-ring (bicyclic) bond motifs is 20. The van der Waals surface area contributed by atoms with E-state index < -0.39 is 90.2 Å². The maximum Gasteiger partial charge on any atom is 0.238 e. The number of para-hydroxylation sites is 1. The van der Waals surface area contributed by atoms with Crippen LogP contribution in [0.2, 0.25) is 0 Å². The standard InChI is InChI=1S/2C57H34N4OS/c1-4-15-35(16-5-1)38-21-12-22-39(33-38)55-58-56(40-29-30-45-48(34-40)62-47-27-14-24-41(51(45)47)36-17-6-2-7-18-36)60-57(59-55)61-53-42(37-19-8-3-9-20-37)25-13-26-43(53)44-31-32-50-52(54(44)61)46-23-10-11-28-49(46)63-50;1-4-13-35(14-5-1)37-23-25-39(26-24-37)55-58-56(41-27-29-44-49(34-41)62-48-21-12-20-42(52(44)48)38-17-8-3-9-18-38)60-57(59-55)61-47-31-28-40(36-15-6-2-7-16-36)33-46(47)43-30-32-51-53(54(43)61)45-19-10-11-22-50(45)63-51/h2*1-34H/i2D,6D,7D,14D,17D,18D,24D,27D,29D,30D,34D;3D,8D,9D,17D,18D. The maximum absolute atomic E-state index is 9.92. The number of furan rings is 2. The normalized spacial score (nSPS) is 13.6. The van der Waals surface area contributed by atoms with E-state index in [9.17, 15) is 4.11 Å². The van der Waals surface area contributed by atoms with Gasteiger partial charge >= 0.3 is 0 Å². The highest BCUT2D eigenvalue weighted by molar-refractivity contribution is 7.26. The molecule has 10 nitrogen and oxygen atoms in total. The minimum Gasteiger partial charge on any atom is -0.456 e. The number of benzene rings is 18. The first kappa shape index (κ1) is 57.8. The van der Waals surface area contributed by atoms with Gasteiger partial charge < -0.3 is 8.83 Å². The van der Waals surface area contributed by atoms with E-state index in [0.717, 1.165) is 135 Å². The van der Waals surface area contributed by atoms with Crippen LogP contribution in [0, 0.1) is 0 Å². The van der Waals surface area contributed by atoms with Crippen LogP contribution in [-0.4, -0.2) is 39.0 Å². The summed E-state index contributed by atoms with van der Waals surface area (Å²) in [6.07, 6.45) is 0. The summed E-state index contributed by atoms with van der Waals surface area (Å²) in [6.45, 7) is 0. The van der Waals surface area contributed by atoms with E-state index in [1.165, 1.54) is 4.70 Å². The number of thiophene rings is 2. The summed E-state index contributed by atoms with van der Waals surface area (Å²) < 4.78 is 163. The molecule has 0 fully saturated rings. The third kappa shape index (κ3) is 12.2. The van der Waals surface area contributed by atoms with Crippen LogP contribution in [-0.2, 0) is 0 Å².